The van der Waals surface area contributed by atoms with Gasteiger partial charge in [-0.15, -0.1) is 11.3 Å². The third kappa shape index (κ3) is 4.08. The van der Waals surface area contributed by atoms with E-state index in [0.29, 0.717) is 28.6 Å². The number of ether oxygens (including phenoxy) is 1. The van der Waals surface area contributed by atoms with Crippen LogP contribution in [0.1, 0.15) is 31.9 Å². The predicted molar refractivity (Wildman–Crippen MR) is 109 cm³/mol. The van der Waals surface area contributed by atoms with E-state index < -0.39 is 12.1 Å². The second kappa shape index (κ2) is 7.73. The molecule has 1 aromatic heterocycles. The summed E-state index contributed by atoms with van der Waals surface area (Å²) in [6.07, 6.45) is 1.94. The summed E-state index contributed by atoms with van der Waals surface area (Å²) in [6.45, 7) is 1.91. The Bertz CT molecular complexity index is 1050. The second-order valence-corrected chi connectivity index (χ2v) is 8.23. The largest absolute Gasteiger partial charge is 0.448 e. The first-order valence-electron chi connectivity index (χ1n) is 8.78. The third-order valence-electron chi connectivity index (χ3n) is 4.51. The Morgan fingerprint density at radius 2 is 2.07 bits per heavy atom. The molecule has 2 heterocycles. The minimum Gasteiger partial charge on any atom is -0.448 e. The number of rotatable bonds is 4. The summed E-state index contributed by atoms with van der Waals surface area (Å²) in [5, 5.41) is 3.94. The summed E-state index contributed by atoms with van der Waals surface area (Å²) in [4.78, 5) is 30.0. The van der Waals surface area contributed by atoms with E-state index in [1.54, 1.807) is 12.3 Å². The molecular formula is C21H17ClN2O3S. The van der Waals surface area contributed by atoms with Gasteiger partial charge in [-0.1, -0.05) is 41.4 Å². The highest BCUT2D eigenvalue weighted by molar-refractivity contribution is 7.15. The van der Waals surface area contributed by atoms with Gasteiger partial charge in [0.15, 0.2) is 11.2 Å². The topological polar surface area (TPSA) is 68.3 Å². The smallest absolute Gasteiger partial charge is 0.339 e. The SMILES string of the molecule is Cc1ccc2c(c1)C(=O)O[C@H](C(=O)Nc1ncc(Cc3ccc(Cl)cc3)s1)C2. The van der Waals surface area contributed by atoms with Crippen molar-refractivity contribution in [2.75, 3.05) is 5.32 Å². The van der Waals surface area contributed by atoms with Crippen LogP contribution >= 0.6 is 22.9 Å². The maximum Gasteiger partial charge on any atom is 0.339 e. The molecule has 1 N–H and O–H groups in total. The molecule has 28 heavy (non-hydrogen) atoms. The number of anilines is 1. The van der Waals surface area contributed by atoms with Crippen LogP contribution in [0, 0.1) is 6.92 Å². The molecule has 0 radical (unpaired) electrons. The number of cyclic esters (lactones) is 1. The zero-order chi connectivity index (χ0) is 19.7. The van der Waals surface area contributed by atoms with Crippen LogP contribution in [0.3, 0.4) is 0 Å². The fourth-order valence-electron chi connectivity index (χ4n) is 3.07. The first-order valence-corrected chi connectivity index (χ1v) is 9.98. The fraction of sp³-hybridized carbons (Fsp3) is 0.190. The van der Waals surface area contributed by atoms with E-state index in [1.807, 2.05) is 43.3 Å². The van der Waals surface area contributed by atoms with Gasteiger partial charge in [0.1, 0.15) is 0 Å². The second-order valence-electron chi connectivity index (χ2n) is 6.68. The van der Waals surface area contributed by atoms with Crippen molar-refractivity contribution in [2.45, 2.75) is 25.9 Å². The molecule has 0 spiro atoms. The lowest BCUT2D eigenvalue weighted by Gasteiger charge is -2.23. The number of hydrogen-bond donors (Lipinski definition) is 1. The van der Waals surface area contributed by atoms with E-state index in [4.69, 9.17) is 16.3 Å². The number of hydrogen-bond acceptors (Lipinski definition) is 5. The molecule has 1 aliphatic heterocycles. The number of amides is 1. The molecule has 4 rings (SSSR count). The molecule has 0 aliphatic carbocycles. The lowest BCUT2D eigenvalue weighted by Crippen LogP contribution is -2.38. The predicted octanol–water partition coefficient (Wildman–Crippen LogP) is 4.42. The minimum atomic E-state index is -0.855. The molecule has 1 aliphatic rings. The number of carbonyl (C=O) groups excluding carboxylic acids is 2. The Kier molecular flexibility index (Phi) is 5.15. The van der Waals surface area contributed by atoms with E-state index in [2.05, 4.69) is 10.3 Å². The maximum atomic E-state index is 12.6. The molecule has 7 heteroatoms. The highest BCUT2D eigenvalue weighted by Crippen LogP contribution is 2.25. The van der Waals surface area contributed by atoms with Gasteiger partial charge < -0.3 is 4.74 Å². The van der Waals surface area contributed by atoms with Gasteiger partial charge in [0.25, 0.3) is 5.91 Å². The first-order chi connectivity index (χ1) is 13.5. The number of fused-ring (bicyclic) bond motifs is 1. The summed E-state index contributed by atoms with van der Waals surface area (Å²) in [5.74, 6) is -0.834. The van der Waals surface area contributed by atoms with Crippen LogP contribution in [-0.2, 0) is 22.4 Å². The van der Waals surface area contributed by atoms with Crippen molar-refractivity contribution in [3.8, 4) is 0 Å². The summed E-state index contributed by atoms with van der Waals surface area (Å²) in [7, 11) is 0. The third-order valence-corrected chi connectivity index (χ3v) is 5.67. The number of aromatic nitrogens is 1. The van der Waals surface area contributed by atoms with Crippen LogP contribution in [0.2, 0.25) is 5.02 Å². The average Bonchev–Trinajstić information content (AvgIpc) is 3.11. The monoisotopic (exact) mass is 412 g/mol. The molecule has 0 fully saturated rings. The van der Waals surface area contributed by atoms with Gasteiger partial charge >= 0.3 is 5.97 Å². The Hall–Kier alpha value is -2.70. The van der Waals surface area contributed by atoms with Crippen molar-refractivity contribution >= 4 is 39.9 Å². The van der Waals surface area contributed by atoms with Gasteiger partial charge in [-0.2, -0.15) is 0 Å². The number of carbonyl (C=O) groups is 2. The summed E-state index contributed by atoms with van der Waals surface area (Å²) in [6, 6.07) is 13.2. The van der Waals surface area contributed by atoms with Crippen LogP contribution in [0.15, 0.2) is 48.7 Å². The van der Waals surface area contributed by atoms with Crippen molar-refractivity contribution in [1.29, 1.82) is 0 Å². The maximum absolute atomic E-state index is 12.6. The van der Waals surface area contributed by atoms with E-state index in [9.17, 15) is 9.59 Å². The first kappa shape index (κ1) is 18.7. The number of nitrogens with one attached hydrogen (secondary N) is 1. The number of thiazole rings is 1. The number of nitrogens with zero attached hydrogens (tertiary/aromatic N) is 1. The number of benzene rings is 2. The molecule has 2 aromatic carbocycles. The molecule has 0 unspecified atom stereocenters. The molecular weight excluding hydrogens is 396 g/mol. The van der Waals surface area contributed by atoms with Gasteiger partial charge in [-0.3, -0.25) is 10.1 Å². The lowest BCUT2D eigenvalue weighted by molar-refractivity contribution is -0.125. The summed E-state index contributed by atoms with van der Waals surface area (Å²) in [5.41, 5.74) is 3.45. The van der Waals surface area contributed by atoms with Crippen molar-refractivity contribution in [1.82, 2.24) is 4.98 Å². The molecule has 0 saturated carbocycles. The van der Waals surface area contributed by atoms with Crippen LogP contribution in [-0.4, -0.2) is 23.0 Å². The zero-order valence-electron chi connectivity index (χ0n) is 15.1. The van der Waals surface area contributed by atoms with Gasteiger partial charge in [0.05, 0.1) is 5.56 Å². The highest BCUT2D eigenvalue weighted by atomic mass is 35.5. The van der Waals surface area contributed by atoms with Crippen LogP contribution < -0.4 is 5.32 Å². The number of aryl methyl sites for hydroxylation is 1. The highest BCUT2D eigenvalue weighted by Gasteiger charge is 2.31. The molecule has 1 atom stereocenters. The van der Waals surface area contributed by atoms with Crippen LogP contribution in [0.5, 0.6) is 0 Å². The molecule has 3 aromatic rings. The molecule has 142 valence electrons. The quantitative estimate of drug-likeness (QED) is 0.644. The Morgan fingerprint density at radius 3 is 2.86 bits per heavy atom. The standard InChI is InChI=1S/C21H17ClN2O3S/c1-12-2-5-14-10-18(27-20(26)17(14)8-12)19(25)24-21-23-11-16(28-21)9-13-3-6-15(22)7-4-13/h2-8,11,18H,9-10H2,1H3,(H,23,24,25)/t18-/m0/s1. The van der Waals surface area contributed by atoms with Gasteiger partial charge in [-0.05, 0) is 36.2 Å². The van der Waals surface area contributed by atoms with Crippen molar-refractivity contribution in [3.63, 3.8) is 0 Å². The van der Waals surface area contributed by atoms with Gasteiger partial charge in [0.2, 0.25) is 0 Å². The van der Waals surface area contributed by atoms with E-state index in [1.165, 1.54) is 11.3 Å². The van der Waals surface area contributed by atoms with E-state index >= 15 is 0 Å². The van der Waals surface area contributed by atoms with E-state index in [-0.39, 0.29) is 5.91 Å². The zero-order valence-corrected chi connectivity index (χ0v) is 16.6. The molecule has 1 amide bonds. The summed E-state index contributed by atoms with van der Waals surface area (Å²) >= 11 is 7.30. The minimum absolute atomic E-state index is 0.357. The summed E-state index contributed by atoms with van der Waals surface area (Å²) < 4.78 is 5.33. The van der Waals surface area contributed by atoms with E-state index in [0.717, 1.165) is 21.6 Å². The Labute approximate surface area is 171 Å². The van der Waals surface area contributed by atoms with Gasteiger partial charge in [0, 0.05) is 28.9 Å². The number of halogens is 1. The van der Waals surface area contributed by atoms with Crippen LogP contribution in [0.25, 0.3) is 0 Å². The molecule has 5 nitrogen and oxygen atoms in total. The fourth-order valence-corrected chi connectivity index (χ4v) is 4.05. The van der Waals surface area contributed by atoms with Crippen LogP contribution in [0.4, 0.5) is 5.13 Å². The van der Waals surface area contributed by atoms with Crippen molar-refractivity contribution < 1.29 is 14.3 Å². The number of esters is 1. The molecule has 0 saturated heterocycles. The average molecular weight is 413 g/mol. The van der Waals surface area contributed by atoms with Gasteiger partial charge in [-0.25, -0.2) is 9.78 Å². The van der Waals surface area contributed by atoms with Crippen molar-refractivity contribution in [3.05, 3.63) is 80.8 Å². The Balaban J connectivity index is 1.41. The van der Waals surface area contributed by atoms with Crippen molar-refractivity contribution in [2.24, 2.45) is 0 Å². The lowest BCUT2D eigenvalue weighted by atomic mass is 9.96. The normalized spacial score (nSPS) is 15.6. The Morgan fingerprint density at radius 1 is 1.29 bits per heavy atom. The molecule has 0 bridgehead atoms.